The minimum atomic E-state index is 0.710. The number of rotatable bonds is 4. The van der Waals surface area contributed by atoms with Crippen LogP contribution in [0.25, 0.3) is 0 Å². The fourth-order valence-corrected chi connectivity index (χ4v) is 0.917. The second-order valence-corrected chi connectivity index (χ2v) is 2.53. The maximum atomic E-state index is 5.35. The molecule has 11 heavy (non-hydrogen) atoms. The zero-order valence-corrected chi connectivity index (χ0v) is 6.84. The van der Waals surface area contributed by atoms with E-state index >= 15 is 0 Å². The van der Waals surface area contributed by atoms with Crippen LogP contribution in [0, 0.1) is 0 Å². The molecule has 0 bridgehead atoms. The van der Waals surface area contributed by atoms with Gasteiger partial charge in [-0.1, -0.05) is 12.1 Å². The van der Waals surface area contributed by atoms with Crippen molar-refractivity contribution in [2.45, 2.75) is 26.2 Å². The molecule has 3 nitrogen and oxygen atoms in total. The number of aryl methyl sites for hydroxylation is 2. The fraction of sp³-hybridized carbons (Fsp3) is 0.625. The van der Waals surface area contributed by atoms with Crippen LogP contribution in [0.1, 0.15) is 24.8 Å². The average molecular weight is 154 g/mol. The number of nitrogens with two attached hydrogens (primary N) is 1. The standard InChI is InChI=1S/C8H14N2O/c1-2-7-6-8(11-10-7)4-3-5-9/h6H,2-5,9H2,1H3. The van der Waals surface area contributed by atoms with Crippen LogP contribution in [0.4, 0.5) is 0 Å². The third-order valence-corrected chi connectivity index (χ3v) is 1.60. The summed E-state index contributed by atoms with van der Waals surface area (Å²) in [6.07, 6.45) is 2.81. The van der Waals surface area contributed by atoms with Gasteiger partial charge in [0.1, 0.15) is 5.76 Å². The van der Waals surface area contributed by atoms with Gasteiger partial charge < -0.3 is 10.3 Å². The minimum Gasteiger partial charge on any atom is -0.361 e. The molecular formula is C8H14N2O. The highest BCUT2D eigenvalue weighted by molar-refractivity contribution is 5.04. The van der Waals surface area contributed by atoms with Crippen LogP contribution in [0.2, 0.25) is 0 Å². The van der Waals surface area contributed by atoms with Gasteiger partial charge in [0.05, 0.1) is 5.69 Å². The highest BCUT2D eigenvalue weighted by Crippen LogP contribution is 2.05. The van der Waals surface area contributed by atoms with Gasteiger partial charge in [-0.25, -0.2) is 0 Å². The summed E-state index contributed by atoms with van der Waals surface area (Å²) in [5, 5.41) is 3.87. The van der Waals surface area contributed by atoms with Gasteiger partial charge in [0.15, 0.2) is 0 Å². The Labute approximate surface area is 66.6 Å². The molecule has 0 aliphatic carbocycles. The molecule has 1 aromatic rings. The first-order valence-electron chi connectivity index (χ1n) is 4.01. The van der Waals surface area contributed by atoms with Gasteiger partial charge in [-0.05, 0) is 19.4 Å². The van der Waals surface area contributed by atoms with Crippen LogP contribution in [0.15, 0.2) is 10.6 Å². The van der Waals surface area contributed by atoms with E-state index in [0.717, 1.165) is 30.7 Å². The van der Waals surface area contributed by atoms with Gasteiger partial charge in [-0.2, -0.15) is 0 Å². The second-order valence-electron chi connectivity index (χ2n) is 2.53. The van der Waals surface area contributed by atoms with Crippen LogP contribution in [-0.4, -0.2) is 11.7 Å². The van der Waals surface area contributed by atoms with E-state index in [-0.39, 0.29) is 0 Å². The molecule has 1 aromatic heterocycles. The molecule has 0 fully saturated rings. The minimum absolute atomic E-state index is 0.710. The maximum absolute atomic E-state index is 5.35. The van der Waals surface area contributed by atoms with Crippen LogP contribution in [0.5, 0.6) is 0 Å². The van der Waals surface area contributed by atoms with Gasteiger partial charge >= 0.3 is 0 Å². The van der Waals surface area contributed by atoms with E-state index in [4.69, 9.17) is 10.3 Å². The van der Waals surface area contributed by atoms with Gasteiger partial charge in [0.25, 0.3) is 0 Å². The SMILES string of the molecule is CCc1cc(CCCN)on1. The molecular weight excluding hydrogens is 140 g/mol. The summed E-state index contributed by atoms with van der Waals surface area (Å²) >= 11 is 0. The van der Waals surface area contributed by atoms with Crippen molar-refractivity contribution in [3.05, 3.63) is 17.5 Å². The van der Waals surface area contributed by atoms with Gasteiger partial charge in [-0.15, -0.1) is 0 Å². The molecule has 0 aromatic carbocycles. The van der Waals surface area contributed by atoms with Crippen molar-refractivity contribution in [2.75, 3.05) is 6.54 Å². The first kappa shape index (κ1) is 8.27. The molecule has 62 valence electrons. The van der Waals surface area contributed by atoms with Gasteiger partial charge in [-0.3, -0.25) is 0 Å². The quantitative estimate of drug-likeness (QED) is 0.707. The van der Waals surface area contributed by atoms with Crippen molar-refractivity contribution in [2.24, 2.45) is 5.73 Å². The Bertz CT molecular complexity index is 208. The highest BCUT2D eigenvalue weighted by atomic mass is 16.5. The summed E-state index contributed by atoms with van der Waals surface area (Å²) in [6, 6.07) is 2.00. The molecule has 0 saturated carbocycles. The predicted molar refractivity (Wildman–Crippen MR) is 43.3 cm³/mol. The van der Waals surface area contributed by atoms with Crippen LogP contribution < -0.4 is 5.73 Å². The number of aromatic nitrogens is 1. The monoisotopic (exact) mass is 154 g/mol. The molecule has 0 unspecified atom stereocenters. The third kappa shape index (κ3) is 2.35. The molecule has 0 aliphatic rings. The molecule has 0 aliphatic heterocycles. The zero-order valence-electron chi connectivity index (χ0n) is 6.84. The molecule has 0 amide bonds. The van der Waals surface area contributed by atoms with E-state index in [1.807, 2.05) is 6.07 Å². The van der Waals surface area contributed by atoms with Crippen molar-refractivity contribution in [1.82, 2.24) is 5.16 Å². The summed E-state index contributed by atoms with van der Waals surface area (Å²) in [4.78, 5) is 0. The Kier molecular flexibility index (Phi) is 3.11. The van der Waals surface area contributed by atoms with E-state index in [0.29, 0.717) is 6.54 Å². The number of nitrogens with zero attached hydrogens (tertiary/aromatic N) is 1. The van der Waals surface area contributed by atoms with Gasteiger partial charge in [0.2, 0.25) is 0 Å². The molecule has 0 saturated heterocycles. The Morgan fingerprint density at radius 3 is 3.00 bits per heavy atom. The topological polar surface area (TPSA) is 52.0 Å². The van der Waals surface area contributed by atoms with Gasteiger partial charge in [0, 0.05) is 12.5 Å². The Morgan fingerprint density at radius 2 is 2.45 bits per heavy atom. The van der Waals surface area contributed by atoms with E-state index in [1.54, 1.807) is 0 Å². The zero-order chi connectivity index (χ0) is 8.10. The fourth-order valence-electron chi connectivity index (χ4n) is 0.917. The average Bonchev–Trinajstić information content (AvgIpc) is 2.48. The first-order chi connectivity index (χ1) is 5.36. The summed E-state index contributed by atoms with van der Waals surface area (Å²) in [5.74, 6) is 0.951. The summed E-state index contributed by atoms with van der Waals surface area (Å²) in [7, 11) is 0. The smallest absolute Gasteiger partial charge is 0.137 e. The molecule has 0 radical (unpaired) electrons. The Hall–Kier alpha value is -0.830. The molecule has 1 heterocycles. The third-order valence-electron chi connectivity index (χ3n) is 1.60. The molecule has 1 rings (SSSR count). The largest absolute Gasteiger partial charge is 0.361 e. The first-order valence-corrected chi connectivity index (χ1v) is 4.01. The van der Waals surface area contributed by atoms with E-state index in [1.165, 1.54) is 0 Å². The van der Waals surface area contributed by atoms with Crippen LogP contribution in [0.3, 0.4) is 0 Å². The molecule has 3 heteroatoms. The lowest BCUT2D eigenvalue weighted by Crippen LogP contribution is -1.99. The van der Waals surface area contributed by atoms with Crippen molar-refractivity contribution in [1.29, 1.82) is 0 Å². The van der Waals surface area contributed by atoms with Crippen molar-refractivity contribution in [3.63, 3.8) is 0 Å². The lowest BCUT2D eigenvalue weighted by molar-refractivity contribution is 0.376. The van der Waals surface area contributed by atoms with Crippen molar-refractivity contribution in [3.8, 4) is 0 Å². The Balaban J connectivity index is 2.44. The summed E-state index contributed by atoms with van der Waals surface area (Å²) in [5.41, 5.74) is 6.38. The lowest BCUT2D eigenvalue weighted by atomic mass is 10.2. The normalized spacial score (nSPS) is 10.4. The predicted octanol–water partition coefficient (Wildman–Crippen LogP) is 1.13. The van der Waals surface area contributed by atoms with E-state index < -0.39 is 0 Å². The maximum Gasteiger partial charge on any atom is 0.137 e. The molecule has 2 N–H and O–H groups in total. The lowest BCUT2D eigenvalue weighted by Gasteiger charge is -1.88. The van der Waals surface area contributed by atoms with Crippen molar-refractivity contribution >= 4 is 0 Å². The van der Waals surface area contributed by atoms with E-state index in [9.17, 15) is 0 Å². The molecule has 0 atom stereocenters. The van der Waals surface area contributed by atoms with Crippen LogP contribution >= 0.6 is 0 Å². The summed E-state index contributed by atoms with van der Waals surface area (Å²) in [6.45, 7) is 2.77. The number of hydrogen-bond donors (Lipinski definition) is 1. The van der Waals surface area contributed by atoms with Crippen LogP contribution in [-0.2, 0) is 12.8 Å². The number of hydrogen-bond acceptors (Lipinski definition) is 3. The Morgan fingerprint density at radius 1 is 1.64 bits per heavy atom. The molecule has 0 spiro atoms. The second kappa shape index (κ2) is 4.13. The summed E-state index contributed by atoms with van der Waals surface area (Å²) < 4.78 is 5.05. The van der Waals surface area contributed by atoms with Crippen molar-refractivity contribution < 1.29 is 4.52 Å². The highest BCUT2D eigenvalue weighted by Gasteiger charge is 2.00. The van der Waals surface area contributed by atoms with E-state index in [2.05, 4.69) is 12.1 Å².